The first-order valence-corrected chi connectivity index (χ1v) is 14.1. The number of aromatic nitrogens is 2. The van der Waals surface area contributed by atoms with Crippen molar-refractivity contribution in [2.45, 2.75) is 44.2 Å². The van der Waals surface area contributed by atoms with E-state index in [1.165, 1.54) is 51.3 Å². The third kappa shape index (κ3) is 5.21. The molecule has 4 heterocycles. The summed E-state index contributed by atoms with van der Waals surface area (Å²) in [6, 6.07) is 6.91. The molecule has 0 radical (unpaired) electrons. The number of nitrogens with zero attached hydrogens (tertiary/aromatic N) is 4. The van der Waals surface area contributed by atoms with Crippen molar-refractivity contribution in [3.63, 3.8) is 0 Å². The summed E-state index contributed by atoms with van der Waals surface area (Å²) in [6.07, 6.45) is 4.91. The fourth-order valence-corrected chi connectivity index (χ4v) is 5.93. The lowest BCUT2D eigenvalue weighted by Crippen LogP contribution is -2.45. The number of fused-ring (bicyclic) bond motifs is 4. The largest absolute Gasteiger partial charge is 0.354 e. The second-order valence-electron chi connectivity index (χ2n) is 10.2. The second-order valence-corrected chi connectivity index (χ2v) is 11.0. The van der Waals surface area contributed by atoms with Crippen LogP contribution in [0, 0.1) is 11.6 Å². The number of nitrogens with one attached hydrogen (secondary N) is 3. The standard InChI is InChI=1S/C28H25Cl2F2N7O3/c29-18-4-5-21(38-13-23(30)35-36-38)26(27(18)32)19-12-25(41)37(14-34-19)20-3-1-2-8-33-28(42)22-6-7-24(40)39(22)17-10-15(20)9-16(31)11-17/h4-5,9-14,20,22,35-36H,1-3,6-8H2,(H,33,42)/t20-,22+/m0/s1. The van der Waals surface area contributed by atoms with Crippen LogP contribution in [0.5, 0.6) is 0 Å². The number of hydrazine groups is 2. The first-order chi connectivity index (χ1) is 20.2. The van der Waals surface area contributed by atoms with Gasteiger partial charge in [0.05, 0.1) is 40.5 Å². The van der Waals surface area contributed by atoms with Gasteiger partial charge in [-0.25, -0.2) is 13.8 Å². The van der Waals surface area contributed by atoms with Gasteiger partial charge in [0.15, 0.2) is 5.82 Å². The number of hydrogen-bond acceptors (Lipinski definition) is 7. The van der Waals surface area contributed by atoms with Gasteiger partial charge in [0.1, 0.15) is 17.0 Å². The summed E-state index contributed by atoms with van der Waals surface area (Å²) in [5, 5.41) is 4.40. The average Bonchev–Trinajstić information content (AvgIpc) is 3.56. The van der Waals surface area contributed by atoms with E-state index in [0.717, 1.165) is 0 Å². The molecule has 2 bridgehead atoms. The zero-order valence-corrected chi connectivity index (χ0v) is 23.6. The smallest absolute Gasteiger partial charge is 0.254 e. The van der Waals surface area contributed by atoms with Crippen molar-refractivity contribution in [3.05, 3.63) is 86.7 Å². The molecule has 3 aliphatic heterocycles. The third-order valence-electron chi connectivity index (χ3n) is 7.58. The van der Waals surface area contributed by atoms with E-state index in [9.17, 15) is 14.4 Å². The van der Waals surface area contributed by atoms with E-state index in [-0.39, 0.29) is 45.4 Å². The van der Waals surface area contributed by atoms with E-state index in [0.29, 0.717) is 43.5 Å². The van der Waals surface area contributed by atoms with Gasteiger partial charge in [0.25, 0.3) is 5.56 Å². The number of hydrogen-bond donors (Lipinski definition) is 3. The Balaban J connectivity index is 1.43. The topological polar surface area (TPSA) is 112 Å². The van der Waals surface area contributed by atoms with E-state index >= 15 is 8.78 Å². The molecule has 1 aromatic heterocycles. The summed E-state index contributed by atoms with van der Waals surface area (Å²) in [4.78, 5) is 44.9. The van der Waals surface area contributed by atoms with Crippen LogP contribution in [0.25, 0.3) is 11.3 Å². The molecule has 10 nitrogen and oxygen atoms in total. The Morgan fingerprint density at radius 2 is 1.81 bits per heavy atom. The summed E-state index contributed by atoms with van der Waals surface area (Å²) >= 11 is 12.1. The van der Waals surface area contributed by atoms with Gasteiger partial charge < -0.3 is 5.32 Å². The number of rotatable bonds is 3. The Bertz CT molecular complexity index is 1680. The second kappa shape index (κ2) is 11.3. The first kappa shape index (κ1) is 28.1. The molecule has 2 atom stereocenters. The lowest BCUT2D eigenvalue weighted by molar-refractivity contribution is -0.123. The first-order valence-electron chi connectivity index (χ1n) is 13.4. The fraction of sp³-hybridized carbons (Fsp3) is 0.286. The summed E-state index contributed by atoms with van der Waals surface area (Å²) in [5.41, 5.74) is 5.96. The number of anilines is 2. The summed E-state index contributed by atoms with van der Waals surface area (Å²) in [6.45, 7) is 0.396. The molecule has 0 spiro atoms. The maximum atomic E-state index is 15.4. The zero-order chi connectivity index (χ0) is 29.5. The highest BCUT2D eigenvalue weighted by Crippen LogP contribution is 2.37. The zero-order valence-electron chi connectivity index (χ0n) is 22.0. The van der Waals surface area contributed by atoms with Crippen LogP contribution >= 0.6 is 23.2 Å². The van der Waals surface area contributed by atoms with Gasteiger partial charge in [0.2, 0.25) is 11.8 Å². The predicted octanol–water partition coefficient (Wildman–Crippen LogP) is 4.09. The minimum absolute atomic E-state index is 0.0234. The van der Waals surface area contributed by atoms with Crippen LogP contribution in [0.15, 0.2) is 58.9 Å². The summed E-state index contributed by atoms with van der Waals surface area (Å²) in [5.74, 6) is -1.93. The summed E-state index contributed by atoms with van der Waals surface area (Å²) in [7, 11) is 0. The Morgan fingerprint density at radius 1 is 0.976 bits per heavy atom. The van der Waals surface area contributed by atoms with E-state index < -0.39 is 29.3 Å². The SMILES string of the molecule is O=C1NCCCC[C@H](n2cnc(-c3c(N4C=C(Cl)NN4)ccc(Cl)c3F)cc2=O)c2cc(F)cc(c2)N2C(=O)CC[C@H]12. The van der Waals surface area contributed by atoms with Crippen LogP contribution in [0.4, 0.5) is 20.2 Å². The highest BCUT2D eigenvalue weighted by atomic mass is 35.5. The number of amides is 2. The van der Waals surface area contributed by atoms with E-state index in [2.05, 4.69) is 21.3 Å². The summed E-state index contributed by atoms with van der Waals surface area (Å²) < 4.78 is 31.8. The number of benzene rings is 2. The van der Waals surface area contributed by atoms with Gasteiger partial charge in [-0.3, -0.25) is 34.3 Å². The number of carbonyl (C=O) groups is 2. The van der Waals surface area contributed by atoms with Gasteiger partial charge >= 0.3 is 0 Å². The minimum Gasteiger partial charge on any atom is -0.354 e. The maximum absolute atomic E-state index is 15.4. The minimum atomic E-state index is -0.773. The average molecular weight is 616 g/mol. The monoisotopic (exact) mass is 615 g/mol. The molecule has 14 heteroatoms. The molecule has 6 rings (SSSR count). The molecule has 0 unspecified atom stereocenters. The van der Waals surface area contributed by atoms with Gasteiger partial charge in [-0.15, -0.1) is 5.53 Å². The van der Waals surface area contributed by atoms with Crippen molar-refractivity contribution in [1.29, 1.82) is 0 Å². The molecule has 1 saturated heterocycles. The molecule has 218 valence electrons. The van der Waals surface area contributed by atoms with Crippen molar-refractivity contribution >= 4 is 46.4 Å². The van der Waals surface area contributed by atoms with Crippen molar-refractivity contribution in [2.75, 3.05) is 16.5 Å². The van der Waals surface area contributed by atoms with Crippen LogP contribution in [0.2, 0.25) is 5.02 Å². The molecule has 3 N–H and O–H groups in total. The highest BCUT2D eigenvalue weighted by Gasteiger charge is 2.38. The maximum Gasteiger partial charge on any atom is 0.254 e. The number of halogens is 4. The van der Waals surface area contributed by atoms with Crippen LogP contribution in [-0.2, 0) is 9.59 Å². The van der Waals surface area contributed by atoms with Crippen LogP contribution in [0.3, 0.4) is 0 Å². The van der Waals surface area contributed by atoms with E-state index in [4.69, 9.17) is 23.2 Å². The quantitative estimate of drug-likeness (QED) is 0.381. The van der Waals surface area contributed by atoms with Crippen LogP contribution in [-0.4, -0.2) is 34.0 Å². The number of carbonyl (C=O) groups excluding carboxylic acids is 2. The third-order valence-corrected chi connectivity index (χ3v) is 8.07. The Labute approximate surface area is 248 Å². The lowest BCUT2D eigenvalue weighted by atomic mass is 9.98. The molecule has 3 aromatic rings. The lowest BCUT2D eigenvalue weighted by Gasteiger charge is -2.27. The molecular weight excluding hydrogens is 591 g/mol. The molecule has 0 saturated carbocycles. The van der Waals surface area contributed by atoms with E-state index in [1.54, 1.807) is 12.1 Å². The molecule has 2 amide bonds. The van der Waals surface area contributed by atoms with Crippen LogP contribution < -0.4 is 31.7 Å². The molecule has 3 aliphatic rings. The molecule has 0 aliphatic carbocycles. The Hall–Kier alpha value is -4.00. The highest BCUT2D eigenvalue weighted by molar-refractivity contribution is 6.31. The molecule has 2 aromatic carbocycles. The Kier molecular flexibility index (Phi) is 7.60. The molecular formula is C28H25Cl2F2N7O3. The van der Waals surface area contributed by atoms with Crippen molar-refractivity contribution < 1.29 is 18.4 Å². The molecule has 42 heavy (non-hydrogen) atoms. The van der Waals surface area contributed by atoms with Gasteiger partial charge in [0, 0.05) is 24.7 Å². The Morgan fingerprint density at radius 3 is 2.57 bits per heavy atom. The predicted molar refractivity (Wildman–Crippen MR) is 153 cm³/mol. The van der Waals surface area contributed by atoms with Crippen molar-refractivity contribution in [1.82, 2.24) is 25.8 Å². The van der Waals surface area contributed by atoms with Crippen molar-refractivity contribution in [3.8, 4) is 11.3 Å². The van der Waals surface area contributed by atoms with E-state index in [1.807, 2.05) is 0 Å². The molecule has 1 fully saturated rings. The van der Waals surface area contributed by atoms with Gasteiger partial charge in [-0.2, -0.15) is 0 Å². The van der Waals surface area contributed by atoms with Crippen LogP contribution in [0.1, 0.15) is 43.7 Å². The fourth-order valence-electron chi connectivity index (χ4n) is 5.63. The van der Waals surface area contributed by atoms with Gasteiger partial charge in [-0.1, -0.05) is 23.2 Å². The van der Waals surface area contributed by atoms with Crippen molar-refractivity contribution in [2.24, 2.45) is 0 Å². The van der Waals surface area contributed by atoms with Gasteiger partial charge in [-0.05, 0) is 61.6 Å². The normalized spacial score (nSPS) is 20.8.